The zero-order valence-corrected chi connectivity index (χ0v) is 21.6. The normalized spacial score (nSPS) is 17.8. The Kier molecular flexibility index (Phi) is 10.5. The number of aliphatic carboxylic acids is 1. The van der Waals surface area contributed by atoms with Crippen molar-refractivity contribution in [2.45, 2.75) is 72.8 Å². The number of aliphatic hydroxyl groups is 1. The first kappa shape index (κ1) is 28.1. The fraction of sp³-hybridized carbons (Fsp3) is 0.400. The molecule has 0 saturated heterocycles. The molecule has 1 aromatic carbocycles. The minimum atomic E-state index is -1.31. The van der Waals surface area contributed by atoms with Gasteiger partial charge in [-0.2, -0.15) is 0 Å². The van der Waals surface area contributed by atoms with Crippen LogP contribution in [-0.4, -0.2) is 23.1 Å². The summed E-state index contributed by atoms with van der Waals surface area (Å²) in [5.74, 6) is -1.61. The molecule has 1 aliphatic rings. The minimum Gasteiger partial charge on any atom is -0.550 e. The van der Waals surface area contributed by atoms with Gasteiger partial charge in [-0.25, -0.2) is 0 Å². The molecule has 1 atom stereocenters. The Labute approximate surface area is 209 Å². The van der Waals surface area contributed by atoms with Crippen LogP contribution in [-0.2, 0) is 16.0 Å². The Hall–Kier alpha value is -3.18. The van der Waals surface area contributed by atoms with Crippen molar-refractivity contribution in [3.63, 3.8) is 0 Å². The van der Waals surface area contributed by atoms with Crippen LogP contribution in [0.15, 0.2) is 83.0 Å². The third-order valence-electron chi connectivity index (χ3n) is 6.27. The Morgan fingerprint density at radius 1 is 1.17 bits per heavy atom. The number of carbonyl (C=O) groups excluding carboxylic acids is 2. The third-order valence-corrected chi connectivity index (χ3v) is 6.27. The van der Waals surface area contributed by atoms with E-state index in [-0.39, 0.29) is 17.7 Å². The smallest absolute Gasteiger partial charge is 0.248 e. The van der Waals surface area contributed by atoms with Crippen molar-refractivity contribution in [2.75, 3.05) is 5.32 Å². The van der Waals surface area contributed by atoms with Crippen LogP contribution in [0, 0.1) is 5.41 Å². The van der Waals surface area contributed by atoms with E-state index in [4.69, 9.17) is 0 Å². The maximum Gasteiger partial charge on any atom is 0.248 e. The molecule has 1 aliphatic carbocycles. The number of para-hydroxylation sites is 1. The van der Waals surface area contributed by atoms with Gasteiger partial charge in [0.15, 0.2) is 0 Å². The predicted octanol–water partition coefficient (Wildman–Crippen LogP) is 5.20. The molecule has 5 heteroatoms. The summed E-state index contributed by atoms with van der Waals surface area (Å²) in [4.78, 5) is 23.2. The van der Waals surface area contributed by atoms with Gasteiger partial charge in [0.2, 0.25) is 5.91 Å². The second-order valence-corrected chi connectivity index (χ2v) is 10.0. The zero-order chi connectivity index (χ0) is 26.0. The van der Waals surface area contributed by atoms with Crippen LogP contribution in [0.2, 0.25) is 0 Å². The molecule has 0 aromatic heterocycles. The highest BCUT2D eigenvalue weighted by Crippen LogP contribution is 2.40. The van der Waals surface area contributed by atoms with Gasteiger partial charge in [0.05, 0.1) is 6.10 Å². The number of carbonyl (C=O) groups is 2. The number of allylic oxidation sites excluding steroid dienone is 9. The van der Waals surface area contributed by atoms with Gasteiger partial charge in [0.25, 0.3) is 0 Å². The topological polar surface area (TPSA) is 89.5 Å². The van der Waals surface area contributed by atoms with E-state index in [0.717, 1.165) is 11.1 Å². The molecule has 0 radical (unpaired) electrons. The summed E-state index contributed by atoms with van der Waals surface area (Å²) in [7, 11) is 0. The fourth-order valence-electron chi connectivity index (χ4n) is 4.39. The standard InChI is InChI=1S/C30H39NO4/c1-21(15-16-26-23(3)12-9-17-30(26,4)5)10-8-11-22(2)18-28(33)31-27-14-7-6-13-24(27)19-25(32)20-29(34)35/h6-8,10-11,13-16,18,25,32H,9,12,17,19-20H2,1-5H3,(H,31,33)(H,34,35)/p-1/b11-8+,16-15+,21-10+,22-18+. The summed E-state index contributed by atoms with van der Waals surface area (Å²) in [5, 5.41) is 23.4. The monoisotopic (exact) mass is 476 g/mol. The largest absolute Gasteiger partial charge is 0.550 e. The number of amides is 1. The van der Waals surface area contributed by atoms with Gasteiger partial charge in [-0.05, 0) is 68.2 Å². The van der Waals surface area contributed by atoms with Crippen molar-refractivity contribution in [3.05, 3.63) is 88.6 Å². The molecule has 0 spiro atoms. The van der Waals surface area contributed by atoms with Gasteiger partial charge < -0.3 is 20.3 Å². The van der Waals surface area contributed by atoms with E-state index in [2.05, 4.69) is 45.2 Å². The van der Waals surface area contributed by atoms with Gasteiger partial charge in [0, 0.05) is 30.6 Å². The number of nitrogens with one attached hydrogen (secondary N) is 1. The Bertz CT molecular complexity index is 1070. The summed E-state index contributed by atoms with van der Waals surface area (Å²) in [6.45, 7) is 10.8. The Morgan fingerprint density at radius 2 is 1.89 bits per heavy atom. The maximum absolute atomic E-state index is 12.5. The number of hydrogen-bond donors (Lipinski definition) is 2. The highest BCUT2D eigenvalue weighted by molar-refractivity contribution is 6.00. The average molecular weight is 477 g/mol. The quantitative estimate of drug-likeness (QED) is 0.359. The number of carboxylic acid groups (broad SMARTS) is 1. The lowest BCUT2D eigenvalue weighted by atomic mass is 9.72. The van der Waals surface area contributed by atoms with E-state index in [1.54, 1.807) is 24.3 Å². The summed E-state index contributed by atoms with van der Waals surface area (Å²) >= 11 is 0. The van der Waals surface area contributed by atoms with Crippen LogP contribution in [0.4, 0.5) is 5.69 Å². The number of anilines is 1. The van der Waals surface area contributed by atoms with Gasteiger partial charge in [-0.3, -0.25) is 4.79 Å². The van der Waals surface area contributed by atoms with E-state index < -0.39 is 18.5 Å². The van der Waals surface area contributed by atoms with Gasteiger partial charge in [0.1, 0.15) is 0 Å². The van der Waals surface area contributed by atoms with E-state index in [9.17, 15) is 19.8 Å². The zero-order valence-electron chi connectivity index (χ0n) is 21.6. The molecule has 0 bridgehead atoms. The molecule has 1 unspecified atom stereocenters. The number of aliphatic hydroxyl groups excluding tert-OH is 1. The summed E-state index contributed by atoms with van der Waals surface area (Å²) in [5.41, 5.74) is 6.24. The van der Waals surface area contributed by atoms with E-state index in [0.29, 0.717) is 11.3 Å². The van der Waals surface area contributed by atoms with E-state index >= 15 is 0 Å². The first-order valence-electron chi connectivity index (χ1n) is 12.2. The molecule has 35 heavy (non-hydrogen) atoms. The molecule has 0 aliphatic heterocycles. The van der Waals surface area contributed by atoms with Crippen LogP contribution < -0.4 is 10.4 Å². The average Bonchev–Trinajstić information content (AvgIpc) is 2.73. The second kappa shape index (κ2) is 13.1. The number of hydrogen-bond acceptors (Lipinski definition) is 4. The van der Waals surface area contributed by atoms with Crippen LogP contribution in [0.25, 0.3) is 0 Å². The molecular weight excluding hydrogens is 438 g/mol. The third kappa shape index (κ3) is 9.53. The summed E-state index contributed by atoms with van der Waals surface area (Å²) in [6, 6.07) is 7.02. The molecular formula is C30H38NO4-. The fourth-order valence-corrected chi connectivity index (χ4v) is 4.39. The molecule has 0 heterocycles. The first-order valence-corrected chi connectivity index (χ1v) is 12.2. The molecule has 188 valence electrons. The SMILES string of the molecule is CC1=C(/C=C/C(C)=C/C=C/C(C)=C/C(=O)Nc2ccccc2CC(O)CC(=O)[O-])C(C)(C)CCC1. The van der Waals surface area contributed by atoms with Crippen molar-refractivity contribution in [1.29, 1.82) is 0 Å². The number of rotatable bonds is 10. The van der Waals surface area contributed by atoms with Gasteiger partial charge >= 0.3 is 0 Å². The number of carboxylic acids is 1. The molecule has 0 saturated carbocycles. The molecule has 2 rings (SSSR count). The lowest BCUT2D eigenvalue weighted by Crippen LogP contribution is -2.28. The van der Waals surface area contributed by atoms with Crippen LogP contribution >= 0.6 is 0 Å². The van der Waals surface area contributed by atoms with Crippen molar-refractivity contribution in [1.82, 2.24) is 0 Å². The van der Waals surface area contributed by atoms with Crippen molar-refractivity contribution in [2.24, 2.45) is 5.41 Å². The van der Waals surface area contributed by atoms with Gasteiger partial charge in [-0.15, -0.1) is 0 Å². The van der Waals surface area contributed by atoms with Crippen LogP contribution in [0.1, 0.15) is 65.9 Å². The predicted molar refractivity (Wildman–Crippen MR) is 141 cm³/mol. The van der Waals surface area contributed by atoms with E-state index in [1.165, 1.54) is 36.5 Å². The summed E-state index contributed by atoms with van der Waals surface area (Å²) < 4.78 is 0. The molecule has 5 nitrogen and oxygen atoms in total. The number of benzene rings is 1. The minimum absolute atomic E-state index is 0.109. The van der Waals surface area contributed by atoms with E-state index in [1.807, 2.05) is 25.2 Å². The van der Waals surface area contributed by atoms with Crippen molar-refractivity contribution >= 4 is 17.6 Å². The highest BCUT2D eigenvalue weighted by atomic mass is 16.4. The Morgan fingerprint density at radius 3 is 2.57 bits per heavy atom. The van der Waals surface area contributed by atoms with Crippen molar-refractivity contribution in [3.8, 4) is 0 Å². The lowest BCUT2D eigenvalue weighted by molar-refractivity contribution is -0.307. The van der Waals surface area contributed by atoms with Gasteiger partial charge in [-0.1, -0.05) is 73.6 Å². The van der Waals surface area contributed by atoms with Crippen molar-refractivity contribution < 1.29 is 19.8 Å². The molecule has 0 fully saturated rings. The first-order chi connectivity index (χ1) is 16.5. The second-order valence-electron chi connectivity index (χ2n) is 10.0. The molecule has 2 N–H and O–H groups in total. The maximum atomic E-state index is 12.5. The Balaban J connectivity index is 2.00. The lowest BCUT2D eigenvalue weighted by Gasteiger charge is -2.32. The summed E-state index contributed by atoms with van der Waals surface area (Å²) in [6.07, 6.45) is 13.9. The van der Waals surface area contributed by atoms with Crippen LogP contribution in [0.3, 0.4) is 0 Å². The van der Waals surface area contributed by atoms with Crippen LogP contribution in [0.5, 0.6) is 0 Å². The molecule has 1 aromatic rings. The highest BCUT2D eigenvalue weighted by Gasteiger charge is 2.26. The molecule has 1 amide bonds.